The maximum atomic E-state index is 12.9. The van der Waals surface area contributed by atoms with E-state index in [0.29, 0.717) is 16.8 Å². The number of Topliss-reactive ketones (excluding diaryl/α,β-unsaturated/α-hetero) is 1. The van der Waals surface area contributed by atoms with Gasteiger partial charge in [0.15, 0.2) is 5.78 Å². The standard InChI is InChI=1S/C22H25N3O6S/c1-4-31-22(28)19-9-10-20(23-15(19)2)21(27)24-11-13-25(14-12-24)32(29,30)18-7-5-17(6-8-18)16(3)26/h5-10H,4,11-14H2,1-3H3. The van der Waals surface area contributed by atoms with Gasteiger partial charge in [-0.2, -0.15) is 4.31 Å². The third-order valence-corrected chi connectivity index (χ3v) is 7.14. The Morgan fingerprint density at radius 2 is 1.62 bits per heavy atom. The Morgan fingerprint density at radius 1 is 1.00 bits per heavy atom. The molecule has 1 aromatic carbocycles. The summed E-state index contributed by atoms with van der Waals surface area (Å²) in [6, 6.07) is 8.80. The molecule has 170 valence electrons. The summed E-state index contributed by atoms with van der Waals surface area (Å²) in [7, 11) is -3.73. The summed E-state index contributed by atoms with van der Waals surface area (Å²) in [5.74, 6) is -0.960. The van der Waals surface area contributed by atoms with Crippen LogP contribution in [0.1, 0.15) is 50.7 Å². The van der Waals surface area contributed by atoms with Crippen molar-refractivity contribution < 1.29 is 27.5 Å². The summed E-state index contributed by atoms with van der Waals surface area (Å²) in [5, 5.41) is 0. The number of hydrogen-bond donors (Lipinski definition) is 0. The van der Waals surface area contributed by atoms with E-state index in [2.05, 4.69) is 4.98 Å². The molecule has 2 heterocycles. The molecule has 0 radical (unpaired) electrons. The molecule has 0 aliphatic carbocycles. The van der Waals surface area contributed by atoms with Gasteiger partial charge in [-0.15, -0.1) is 0 Å². The van der Waals surface area contributed by atoms with Crippen molar-refractivity contribution >= 4 is 27.7 Å². The average Bonchev–Trinajstić information content (AvgIpc) is 2.78. The molecule has 0 bridgehead atoms. The van der Waals surface area contributed by atoms with Crippen molar-refractivity contribution in [3.05, 3.63) is 58.9 Å². The first-order valence-corrected chi connectivity index (χ1v) is 11.6. The molecule has 0 atom stereocenters. The Hall–Kier alpha value is -3.11. The number of aromatic nitrogens is 1. The van der Waals surface area contributed by atoms with E-state index in [4.69, 9.17) is 4.74 Å². The number of esters is 1. The van der Waals surface area contributed by atoms with Crippen LogP contribution in [0.5, 0.6) is 0 Å². The fourth-order valence-corrected chi connectivity index (χ4v) is 4.83. The predicted octanol–water partition coefficient (Wildman–Crippen LogP) is 1.92. The summed E-state index contributed by atoms with van der Waals surface area (Å²) >= 11 is 0. The number of ketones is 1. The zero-order chi connectivity index (χ0) is 23.5. The minimum Gasteiger partial charge on any atom is -0.462 e. The number of aryl methyl sites for hydroxylation is 1. The molecule has 9 nitrogen and oxygen atoms in total. The molecule has 1 aromatic heterocycles. The van der Waals surface area contributed by atoms with Crippen LogP contribution in [0.3, 0.4) is 0 Å². The van der Waals surface area contributed by atoms with E-state index >= 15 is 0 Å². The van der Waals surface area contributed by atoms with Gasteiger partial charge in [0, 0.05) is 31.7 Å². The lowest BCUT2D eigenvalue weighted by Crippen LogP contribution is -2.50. The van der Waals surface area contributed by atoms with Crippen LogP contribution in [0, 0.1) is 6.92 Å². The maximum absolute atomic E-state index is 12.9. The van der Waals surface area contributed by atoms with Gasteiger partial charge in [0.05, 0.1) is 22.8 Å². The minimum absolute atomic E-state index is 0.106. The van der Waals surface area contributed by atoms with Crippen molar-refractivity contribution in [3.63, 3.8) is 0 Å². The summed E-state index contributed by atoms with van der Waals surface area (Å²) in [6.45, 7) is 5.71. The first-order chi connectivity index (χ1) is 15.1. The molecule has 1 aliphatic heterocycles. The number of nitrogens with zero attached hydrogens (tertiary/aromatic N) is 3. The van der Waals surface area contributed by atoms with Gasteiger partial charge in [0.2, 0.25) is 10.0 Å². The summed E-state index contributed by atoms with van der Waals surface area (Å²) in [4.78, 5) is 42.0. The number of carbonyl (C=O) groups is 3. The summed E-state index contributed by atoms with van der Waals surface area (Å²) in [5.41, 5.74) is 1.32. The molecular formula is C22H25N3O6S. The lowest BCUT2D eigenvalue weighted by atomic mass is 10.1. The number of carbonyl (C=O) groups excluding carboxylic acids is 3. The Labute approximate surface area is 187 Å². The number of piperazine rings is 1. The van der Waals surface area contributed by atoms with Gasteiger partial charge in [-0.05, 0) is 45.0 Å². The van der Waals surface area contributed by atoms with Crippen LogP contribution in [0.25, 0.3) is 0 Å². The molecule has 1 amide bonds. The lowest BCUT2D eigenvalue weighted by Gasteiger charge is -2.33. The van der Waals surface area contributed by atoms with Crippen LogP contribution in [-0.4, -0.2) is 73.1 Å². The summed E-state index contributed by atoms with van der Waals surface area (Å²) in [6.07, 6.45) is 0. The van der Waals surface area contributed by atoms with Crippen LogP contribution in [0.2, 0.25) is 0 Å². The first kappa shape index (κ1) is 23.6. The van der Waals surface area contributed by atoms with E-state index in [1.165, 1.54) is 52.5 Å². The number of rotatable bonds is 6. The molecule has 2 aromatic rings. The van der Waals surface area contributed by atoms with Crippen molar-refractivity contribution in [2.75, 3.05) is 32.8 Å². The highest BCUT2D eigenvalue weighted by atomic mass is 32.2. The Balaban J connectivity index is 1.67. The Bertz CT molecular complexity index is 1140. The Kier molecular flexibility index (Phi) is 7.05. The summed E-state index contributed by atoms with van der Waals surface area (Å²) < 4.78 is 32.1. The second kappa shape index (κ2) is 9.58. The largest absolute Gasteiger partial charge is 0.462 e. The third-order valence-electron chi connectivity index (χ3n) is 5.22. The van der Waals surface area contributed by atoms with E-state index in [0.717, 1.165) is 0 Å². The number of pyridine rings is 1. The zero-order valence-electron chi connectivity index (χ0n) is 18.2. The van der Waals surface area contributed by atoms with Crippen LogP contribution in [0.15, 0.2) is 41.3 Å². The van der Waals surface area contributed by atoms with Crippen molar-refractivity contribution in [3.8, 4) is 0 Å². The van der Waals surface area contributed by atoms with Gasteiger partial charge >= 0.3 is 5.97 Å². The molecule has 3 rings (SSSR count). The molecular weight excluding hydrogens is 434 g/mol. The van der Waals surface area contributed by atoms with E-state index in [1.807, 2.05) is 0 Å². The van der Waals surface area contributed by atoms with Gasteiger partial charge < -0.3 is 9.64 Å². The number of sulfonamides is 1. The minimum atomic E-state index is -3.73. The molecule has 10 heteroatoms. The van der Waals surface area contributed by atoms with Crippen molar-refractivity contribution in [2.24, 2.45) is 0 Å². The number of ether oxygens (including phenoxy) is 1. The fraction of sp³-hybridized carbons (Fsp3) is 0.364. The molecule has 1 saturated heterocycles. The van der Waals surface area contributed by atoms with Crippen LogP contribution in [-0.2, 0) is 14.8 Å². The smallest absolute Gasteiger partial charge is 0.339 e. The SMILES string of the molecule is CCOC(=O)c1ccc(C(=O)N2CCN(S(=O)(=O)c3ccc(C(C)=O)cc3)CC2)nc1C. The van der Waals surface area contributed by atoms with Crippen molar-refractivity contribution in [2.45, 2.75) is 25.7 Å². The molecule has 1 fully saturated rings. The molecule has 0 N–H and O–H groups in total. The monoisotopic (exact) mass is 459 g/mol. The normalized spacial score (nSPS) is 14.8. The van der Waals surface area contributed by atoms with Gasteiger partial charge in [0.1, 0.15) is 5.69 Å². The topological polar surface area (TPSA) is 114 Å². The van der Waals surface area contributed by atoms with Gasteiger partial charge in [-0.1, -0.05) is 12.1 Å². The maximum Gasteiger partial charge on any atom is 0.339 e. The van der Waals surface area contributed by atoms with E-state index < -0.39 is 16.0 Å². The van der Waals surface area contributed by atoms with Crippen molar-refractivity contribution in [1.82, 2.24) is 14.2 Å². The number of amides is 1. The van der Waals surface area contributed by atoms with E-state index in [-0.39, 0.29) is 55.1 Å². The average molecular weight is 460 g/mol. The lowest BCUT2D eigenvalue weighted by molar-refractivity contribution is 0.0523. The second-order valence-electron chi connectivity index (χ2n) is 7.33. The molecule has 1 aliphatic rings. The third kappa shape index (κ3) is 4.86. The first-order valence-electron chi connectivity index (χ1n) is 10.2. The van der Waals surface area contributed by atoms with Gasteiger partial charge in [0.25, 0.3) is 5.91 Å². The molecule has 0 spiro atoms. The van der Waals surface area contributed by atoms with Crippen molar-refractivity contribution in [1.29, 1.82) is 0 Å². The van der Waals surface area contributed by atoms with Crippen LogP contribution < -0.4 is 0 Å². The van der Waals surface area contributed by atoms with E-state index in [1.54, 1.807) is 13.8 Å². The highest BCUT2D eigenvalue weighted by molar-refractivity contribution is 7.89. The molecule has 0 saturated carbocycles. The molecule has 0 unspecified atom stereocenters. The van der Waals surface area contributed by atoms with Gasteiger partial charge in [-0.3, -0.25) is 9.59 Å². The quantitative estimate of drug-likeness (QED) is 0.479. The van der Waals surface area contributed by atoms with Crippen LogP contribution in [0.4, 0.5) is 0 Å². The highest BCUT2D eigenvalue weighted by Gasteiger charge is 2.31. The van der Waals surface area contributed by atoms with Crippen LogP contribution >= 0.6 is 0 Å². The Morgan fingerprint density at radius 3 is 2.16 bits per heavy atom. The zero-order valence-corrected chi connectivity index (χ0v) is 19.0. The number of hydrogen-bond acceptors (Lipinski definition) is 7. The number of benzene rings is 1. The highest BCUT2D eigenvalue weighted by Crippen LogP contribution is 2.19. The van der Waals surface area contributed by atoms with Gasteiger partial charge in [-0.25, -0.2) is 18.2 Å². The predicted molar refractivity (Wildman–Crippen MR) is 116 cm³/mol. The fourth-order valence-electron chi connectivity index (χ4n) is 3.41. The second-order valence-corrected chi connectivity index (χ2v) is 9.26. The molecule has 32 heavy (non-hydrogen) atoms. The van der Waals surface area contributed by atoms with E-state index in [9.17, 15) is 22.8 Å².